The predicted molar refractivity (Wildman–Crippen MR) is 55.5 cm³/mol. The van der Waals surface area contributed by atoms with Crippen LogP contribution in [0.2, 0.25) is 0 Å². The summed E-state index contributed by atoms with van der Waals surface area (Å²) in [6, 6.07) is 5.81. The molecule has 1 rings (SSSR count). The third-order valence-electron chi connectivity index (χ3n) is 1.13. The first-order valence-corrected chi connectivity index (χ1v) is 3.50. The van der Waals surface area contributed by atoms with Crippen LogP contribution in [0.3, 0.4) is 0 Å². The van der Waals surface area contributed by atoms with Gasteiger partial charge in [0.1, 0.15) is 11.3 Å². The Labute approximate surface area is 119 Å². The maximum atomic E-state index is 10.3. The van der Waals surface area contributed by atoms with E-state index in [0.717, 1.165) is 0 Å². The van der Waals surface area contributed by atoms with Gasteiger partial charge in [-0.3, -0.25) is 0 Å². The van der Waals surface area contributed by atoms with E-state index < -0.39 is 13.3 Å². The van der Waals surface area contributed by atoms with Gasteiger partial charge in [0.05, 0.1) is 0 Å². The van der Waals surface area contributed by atoms with E-state index in [2.05, 4.69) is 0 Å². The summed E-state index contributed by atoms with van der Waals surface area (Å²) in [5.74, 6) is -1.31. The van der Waals surface area contributed by atoms with Gasteiger partial charge in [-0.1, -0.05) is 12.1 Å². The van der Waals surface area contributed by atoms with Gasteiger partial charge in [-0.05, 0) is 12.1 Å². The molecule has 0 saturated carbocycles. The molecule has 0 aromatic heterocycles. The average Bonchev–Trinajstić information content (AvgIpc) is 2.03. The fourth-order valence-corrected chi connectivity index (χ4v) is 0.654. The molecule has 6 nitrogen and oxygen atoms in total. The molecule has 80 valence electrons. The molecule has 0 amide bonds. The van der Waals surface area contributed by atoms with Crippen molar-refractivity contribution < 1.29 is 32.9 Å². The van der Waals surface area contributed by atoms with Crippen molar-refractivity contribution in [1.29, 1.82) is 0 Å². The van der Waals surface area contributed by atoms with E-state index in [1.807, 2.05) is 0 Å². The minimum absolute atomic E-state index is 0. The summed E-state index contributed by atoms with van der Waals surface area (Å²) < 4.78 is 0. The zero-order valence-electron chi connectivity index (χ0n) is 9.74. The van der Waals surface area contributed by atoms with Crippen molar-refractivity contribution in [3.63, 3.8) is 0 Å². The maximum Gasteiger partial charge on any atom is 2.00 e. The Morgan fingerprint density at radius 2 is 1.60 bits per heavy atom. The van der Waals surface area contributed by atoms with Crippen molar-refractivity contribution in [2.24, 2.45) is 0 Å². The summed E-state index contributed by atoms with van der Waals surface area (Å²) in [6.45, 7) is 0. The van der Waals surface area contributed by atoms with Crippen molar-refractivity contribution in [2.75, 3.05) is 0 Å². The number of para-hydroxylation sites is 1. The average molecular weight is 242 g/mol. The molecular weight excluding hydrogens is 231 g/mol. The third kappa shape index (κ3) is 8.67. The molecule has 0 saturated heterocycles. The summed E-state index contributed by atoms with van der Waals surface area (Å²) in [7, 11) is -2.17. The number of carboxylic acids is 1. The van der Waals surface area contributed by atoms with Crippen LogP contribution in [-0.2, 0) is 0 Å². The summed E-state index contributed by atoms with van der Waals surface area (Å²) in [4.78, 5) is 10.3. The Kier molecular flexibility index (Phi) is 10.2. The van der Waals surface area contributed by atoms with Gasteiger partial charge in [-0.25, -0.2) is 4.79 Å². The number of aromatic carboxylic acids is 1. The second-order valence-corrected chi connectivity index (χ2v) is 2.17. The minimum atomic E-state index is -2.17. The normalized spacial score (nSPS) is 7.93. The Morgan fingerprint density at radius 3 is 1.87 bits per heavy atom. The van der Waals surface area contributed by atoms with Gasteiger partial charge in [-0.15, -0.1) is 0 Å². The molecule has 0 aliphatic carbocycles. The fourth-order valence-electron chi connectivity index (χ4n) is 0.654. The van der Waals surface area contributed by atoms with Crippen LogP contribution in [0, 0.1) is 0 Å². The summed E-state index contributed by atoms with van der Waals surface area (Å²) in [6.07, 6.45) is 0. The Bertz CT molecular complexity index is 311. The number of carboxylic acid groups (broad SMARTS) is 1. The van der Waals surface area contributed by atoms with E-state index in [0.29, 0.717) is 0 Å². The molecule has 0 heterocycles. The largest absolute Gasteiger partial charge is 2.00 e. The number of aromatic hydroxyl groups is 1. The SMILES string of the molecule is O=C(O)c1ccccc1O.OB(O)O.[Ca+2].[H-].[H-]. The molecule has 0 radical (unpaired) electrons. The number of rotatable bonds is 1. The van der Waals surface area contributed by atoms with Crippen molar-refractivity contribution in [1.82, 2.24) is 0 Å². The van der Waals surface area contributed by atoms with Gasteiger partial charge in [0.25, 0.3) is 0 Å². The zero-order chi connectivity index (χ0) is 11.1. The molecule has 15 heavy (non-hydrogen) atoms. The molecule has 1 aromatic rings. The first kappa shape index (κ1) is 17.1. The Morgan fingerprint density at radius 1 is 1.20 bits per heavy atom. The topological polar surface area (TPSA) is 118 Å². The molecule has 0 spiro atoms. The molecule has 0 bridgehead atoms. The Hall–Kier alpha value is -0.305. The minimum Gasteiger partial charge on any atom is -1.00 e. The monoisotopic (exact) mass is 242 g/mol. The van der Waals surface area contributed by atoms with Gasteiger partial charge in [0.15, 0.2) is 0 Å². The van der Waals surface area contributed by atoms with E-state index in [1.165, 1.54) is 12.1 Å². The van der Waals surface area contributed by atoms with Crippen LogP contribution in [-0.4, -0.2) is 76.3 Å². The summed E-state index contributed by atoms with van der Waals surface area (Å²) >= 11 is 0. The number of phenols is 1. The fraction of sp³-hybridized carbons (Fsp3) is 0. The third-order valence-corrected chi connectivity index (χ3v) is 1.13. The van der Waals surface area contributed by atoms with Crippen LogP contribution in [0.1, 0.15) is 13.2 Å². The van der Waals surface area contributed by atoms with Crippen LogP contribution < -0.4 is 0 Å². The molecule has 0 aliphatic heterocycles. The van der Waals surface area contributed by atoms with Gasteiger partial charge < -0.3 is 28.1 Å². The molecule has 8 heteroatoms. The molecule has 0 atom stereocenters. The maximum absolute atomic E-state index is 10.3. The quantitative estimate of drug-likeness (QED) is 0.398. The molecule has 5 N–H and O–H groups in total. The smallest absolute Gasteiger partial charge is 1.00 e. The second kappa shape index (κ2) is 8.96. The number of carbonyl (C=O) groups is 1. The first-order chi connectivity index (χ1) is 6.45. The van der Waals surface area contributed by atoms with Crippen molar-refractivity contribution >= 4 is 51.0 Å². The van der Waals surface area contributed by atoms with E-state index >= 15 is 0 Å². The van der Waals surface area contributed by atoms with E-state index in [-0.39, 0.29) is 51.9 Å². The predicted octanol–water partition coefficient (Wildman–Crippen LogP) is -1.12. The van der Waals surface area contributed by atoms with E-state index in [4.69, 9.17) is 25.3 Å². The van der Waals surface area contributed by atoms with Gasteiger partial charge >= 0.3 is 51.0 Å². The van der Waals surface area contributed by atoms with Crippen LogP contribution >= 0.6 is 0 Å². The van der Waals surface area contributed by atoms with Crippen LogP contribution in [0.15, 0.2) is 24.3 Å². The standard InChI is InChI=1S/C7H6O3.BH3O3.Ca.2H/c8-6-4-2-1-3-5(6)7(9)10;2-1(3)4;;;/h1-4,8H,(H,9,10);2-4H;;;/q;;+2;2*-1. The zero-order valence-corrected chi connectivity index (χ0v) is 9.95. The van der Waals surface area contributed by atoms with Gasteiger partial charge in [0.2, 0.25) is 0 Å². The molecule has 1 aromatic carbocycles. The van der Waals surface area contributed by atoms with Crippen LogP contribution in [0.5, 0.6) is 5.75 Å². The van der Waals surface area contributed by atoms with Crippen LogP contribution in [0.4, 0.5) is 0 Å². The van der Waals surface area contributed by atoms with Crippen molar-refractivity contribution in [3.05, 3.63) is 29.8 Å². The van der Waals surface area contributed by atoms with Gasteiger partial charge in [0, 0.05) is 0 Å². The molecular formula is C7H11BCaO6. The van der Waals surface area contributed by atoms with E-state index in [9.17, 15) is 4.79 Å². The second-order valence-electron chi connectivity index (χ2n) is 2.17. The molecule has 0 fully saturated rings. The summed E-state index contributed by atoms with van der Waals surface area (Å²) in [5, 5.41) is 38.8. The molecule has 0 unspecified atom stereocenters. The van der Waals surface area contributed by atoms with Gasteiger partial charge in [-0.2, -0.15) is 0 Å². The first-order valence-electron chi connectivity index (χ1n) is 3.50. The molecule has 0 aliphatic rings. The van der Waals surface area contributed by atoms with Crippen LogP contribution in [0.25, 0.3) is 0 Å². The summed E-state index contributed by atoms with van der Waals surface area (Å²) in [5.41, 5.74) is -0.0671. The van der Waals surface area contributed by atoms with Crippen molar-refractivity contribution in [2.45, 2.75) is 0 Å². The Balaban J connectivity index is -0.000000108. The number of hydrogen-bond acceptors (Lipinski definition) is 5. The van der Waals surface area contributed by atoms with Crippen molar-refractivity contribution in [3.8, 4) is 5.75 Å². The number of benzene rings is 1. The number of hydrogen-bond donors (Lipinski definition) is 5. The van der Waals surface area contributed by atoms with E-state index in [1.54, 1.807) is 12.1 Å².